The van der Waals surface area contributed by atoms with Crippen molar-refractivity contribution in [2.24, 2.45) is 0 Å². The van der Waals surface area contributed by atoms with E-state index in [1.807, 2.05) is 109 Å². The van der Waals surface area contributed by atoms with Gasteiger partial charge >= 0.3 is 0 Å². The van der Waals surface area contributed by atoms with E-state index in [1.54, 1.807) is 20.8 Å². The van der Waals surface area contributed by atoms with E-state index in [1.165, 1.54) is 0 Å². The first kappa shape index (κ1) is 64.5. The molecule has 0 saturated carbocycles. The van der Waals surface area contributed by atoms with Crippen LogP contribution >= 0.6 is 0 Å². The summed E-state index contributed by atoms with van der Waals surface area (Å²) in [4.78, 5) is 138. The number of benzene rings is 4. The summed E-state index contributed by atoms with van der Waals surface area (Å²) in [6.45, 7) is 0.770. The molecule has 22 nitrogen and oxygen atoms in total. The fourth-order valence-electron chi connectivity index (χ4n) is 13.1. The maximum absolute atomic E-state index is 14.3. The number of nitrogens with zero attached hydrogens (tertiary/aromatic N) is 2. The average Bonchev–Trinajstić information content (AvgIpc) is 1.76. The molecule has 22 heteroatoms. The second-order valence-corrected chi connectivity index (χ2v) is 23.3. The molecule has 4 aromatic carbocycles. The summed E-state index contributed by atoms with van der Waals surface area (Å²) < 4.78 is 0. The normalized spacial score (nSPS) is 25.3. The van der Waals surface area contributed by atoms with Crippen molar-refractivity contribution in [3.63, 3.8) is 0 Å². The Morgan fingerprint density at radius 3 is 1.24 bits per heavy atom. The summed E-state index contributed by atoms with van der Waals surface area (Å²) in [5, 5.41) is 35.3. The molecule has 87 heavy (non-hydrogen) atoms. The Hall–Kier alpha value is -8.50. The molecule has 10 amide bonds. The quantitative estimate of drug-likeness (QED) is 0.0435. The summed E-state index contributed by atoms with van der Waals surface area (Å²) in [5.74, 6) is -4.22. The first-order valence-electron chi connectivity index (χ1n) is 30.2. The van der Waals surface area contributed by atoms with Crippen LogP contribution in [0.1, 0.15) is 144 Å². The molecule has 0 bridgehead atoms. The van der Waals surface area contributed by atoms with E-state index in [2.05, 4.69) is 31.9 Å². The van der Waals surface area contributed by atoms with Gasteiger partial charge in [0, 0.05) is 38.8 Å². The van der Waals surface area contributed by atoms with Crippen LogP contribution in [0.5, 0.6) is 0 Å². The van der Waals surface area contributed by atoms with Gasteiger partial charge in [0.1, 0.15) is 47.3 Å². The molecule has 10 rings (SSSR count). The van der Waals surface area contributed by atoms with Crippen LogP contribution in [-0.4, -0.2) is 129 Å². The largest absolute Gasteiger partial charge is 0.343 e. The molecule has 6 aliphatic rings. The zero-order chi connectivity index (χ0) is 60.8. The number of carbonyl (C=O) groups excluding carboxylic acids is 10. The van der Waals surface area contributed by atoms with Crippen LogP contribution in [0, 0.1) is 0 Å². The summed E-state index contributed by atoms with van der Waals surface area (Å²) in [5.41, 5.74) is 5.39. The highest BCUT2D eigenvalue weighted by Crippen LogP contribution is 2.40. The third kappa shape index (κ3) is 15.0. The van der Waals surface area contributed by atoms with E-state index in [0.29, 0.717) is 114 Å². The summed E-state index contributed by atoms with van der Waals surface area (Å²) in [6.07, 6.45) is 8.58. The number of carbonyl (C=O) groups is 10. The molecule has 4 aliphatic heterocycles. The second-order valence-electron chi connectivity index (χ2n) is 23.3. The first-order chi connectivity index (χ1) is 41.6. The lowest BCUT2D eigenvalue weighted by Crippen LogP contribution is -2.64. The lowest BCUT2D eigenvalue weighted by Gasteiger charge is -2.36. The van der Waals surface area contributed by atoms with Gasteiger partial charge in [-0.2, -0.15) is 0 Å². The van der Waals surface area contributed by atoms with Gasteiger partial charge < -0.3 is 41.7 Å². The number of hydroxylamine groups is 2. The minimum absolute atomic E-state index is 0. The monoisotopic (exact) mass is 1190 g/mol. The molecule has 10 N–H and O–H groups in total. The van der Waals surface area contributed by atoms with Crippen LogP contribution in [0.2, 0.25) is 0 Å². The highest BCUT2D eigenvalue weighted by molar-refractivity contribution is 6.02. The second kappa shape index (κ2) is 29.7. The van der Waals surface area contributed by atoms with Crippen molar-refractivity contribution in [3.8, 4) is 0 Å². The molecule has 0 radical (unpaired) electrons. The van der Waals surface area contributed by atoms with E-state index in [9.17, 15) is 47.9 Å². The first-order valence-corrected chi connectivity index (χ1v) is 30.2. The fourth-order valence-corrected chi connectivity index (χ4v) is 13.1. The van der Waals surface area contributed by atoms with Crippen molar-refractivity contribution >= 4 is 59.1 Å². The van der Waals surface area contributed by atoms with Crippen LogP contribution in [0.4, 0.5) is 0 Å². The molecule has 4 aromatic rings. The maximum Gasteiger partial charge on any atom is 0.251 e. The minimum atomic E-state index is -1.41. The molecular weight excluding hydrogens is 1110 g/mol. The molecule has 2 spiro atoms. The van der Waals surface area contributed by atoms with Crippen molar-refractivity contribution in [1.29, 1.82) is 0 Å². The van der Waals surface area contributed by atoms with Gasteiger partial charge in [-0.05, 0) is 110 Å². The Bertz CT molecular complexity index is 2940. The highest BCUT2D eigenvalue weighted by atomic mass is 16.5. The van der Waals surface area contributed by atoms with Crippen LogP contribution in [-0.2, 0) is 84.7 Å². The number of hydrogen-bond donors (Lipinski definition) is 10. The van der Waals surface area contributed by atoms with Gasteiger partial charge in [0.2, 0.25) is 47.3 Å². The van der Waals surface area contributed by atoms with E-state index in [-0.39, 0.29) is 57.8 Å². The van der Waals surface area contributed by atoms with E-state index in [0.717, 1.165) is 22.3 Å². The molecule has 4 saturated heterocycles. The number of aryl methyl sites for hydroxylation is 2. The third-order valence-electron chi connectivity index (χ3n) is 17.7. The number of amides is 10. The van der Waals surface area contributed by atoms with E-state index >= 15 is 0 Å². The SMILES string of the molecule is C.O=C(CCCCC[C@@H]1NC(=O)[C@H]2CCCN2C(=O)[C@H](Cc2ccccc2)NC(=O)[C@@]2(CCc3ccccc32)NC1=O)NO.O=C(CCCCC[C@@H]1NC(=O)[C@H]2CCCN2C(=O)[C@H](Cc2ccccc2)NC(=O)[C@]2(CCc3ccccc32)NC1=O)NO. The molecule has 0 aromatic heterocycles. The number of hydrogen-bond acceptors (Lipinski definition) is 12. The number of unbranched alkanes of at least 4 members (excludes halogenated alkanes) is 4. The Kier molecular flexibility index (Phi) is 22.0. The topological polar surface area (TPSA) is 314 Å². The highest BCUT2D eigenvalue weighted by Gasteiger charge is 2.52. The van der Waals surface area contributed by atoms with Gasteiger partial charge in [-0.15, -0.1) is 0 Å². The number of rotatable bonds is 16. The molecule has 0 unspecified atom stereocenters. The molecule has 2 aliphatic carbocycles. The number of nitrogens with one attached hydrogen (secondary N) is 8. The Morgan fingerprint density at radius 1 is 0.471 bits per heavy atom. The zero-order valence-corrected chi connectivity index (χ0v) is 48.3. The zero-order valence-electron chi connectivity index (χ0n) is 48.3. The maximum atomic E-state index is 14.3. The summed E-state index contributed by atoms with van der Waals surface area (Å²) >= 11 is 0. The van der Waals surface area contributed by atoms with Crippen molar-refractivity contribution < 1.29 is 58.4 Å². The van der Waals surface area contributed by atoms with E-state index < -0.39 is 94.6 Å². The molecular formula is C65H82N10O12. The van der Waals surface area contributed by atoms with Crippen LogP contribution in [0.15, 0.2) is 109 Å². The van der Waals surface area contributed by atoms with Gasteiger partial charge in [-0.1, -0.05) is 142 Å². The van der Waals surface area contributed by atoms with E-state index in [4.69, 9.17) is 10.4 Å². The van der Waals surface area contributed by atoms with Crippen LogP contribution in [0.3, 0.4) is 0 Å². The van der Waals surface area contributed by atoms with Crippen LogP contribution < -0.4 is 42.9 Å². The molecule has 4 heterocycles. The predicted molar refractivity (Wildman–Crippen MR) is 319 cm³/mol. The van der Waals surface area contributed by atoms with Gasteiger partial charge in [-0.25, -0.2) is 11.0 Å². The van der Waals surface area contributed by atoms with Crippen molar-refractivity contribution in [2.75, 3.05) is 13.1 Å². The van der Waals surface area contributed by atoms with Crippen molar-refractivity contribution in [2.45, 2.75) is 183 Å². The standard InChI is InChI=1S/2C32H39N5O6.CH4/c2*38-27(36-43)16-6-2-5-14-24-28(39)35-32(18-17-22-12-7-8-13-23(22)32)31(42)34-25(20-21-10-3-1-4-11-21)30(41)37-19-9-15-26(37)29(40)33-24;/h2*1,3-4,7-8,10-13,24-26,43H,2,5-6,9,14-20H2,(H,33,40)(H,34,42)(H,35,39)(H,36,38);1H4/t24-,25-,26+,32+;24-,25-,26+,32-;/m00./s1. The smallest absolute Gasteiger partial charge is 0.251 e. The third-order valence-corrected chi connectivity index (χ3v) is 17.7. The van der Waals surface area contributed by atoms with Gasteiger partial charge in [-0.3, -0.25) is 58.4 Å². The summed E-state index contributed by atoms with van der Waals surface area (Å²) in [6, 6.07) is 28.6. The Morgan fingerprint density at radius 2 is 0.851 bits per heavy atom. The molecule has 8 atom stereocenters. The van der Waals surface area contributed by atoms with Gasteiger partial charge in [0.05, 0.1) is 0 Å². The lowest BCUT2D eigenvalue weighted by molar-refractivity contribution is -0.145. The summed E-state index contributed by atoms with van der Waals surface area (Å²) in [7, 11) is 0. The lowest BCUT2D eigenvalue weighted by atomic mass is 9.88. The number of fused-ring (bicyclic) bond motifs is 6. The Labute approximate surface area is 507 Å². The minimum Gasteiger partial charge on any atom is -0.343 e. The fraction of sp³-hybridized carbons (Fsp3) is 0.477. The van der Waals surface area contributed by atoms with Gasteiger partial charge in [0.15, 0.2) is 0 Å². The van der Waals surface area contributed by atoms with Crippen molar-refractivity contribution in [1.82, 2.24) is 52.7 Å². The van der Waals surface area contributed by atoms with Gasteiger partial charge in [0.25, 0.3) is 11.8 Å². The molecule has 4 fully saturated rings. The average molecular weight is 1200 g/mol. The predicted octanol–water partition coefficient (Wildman–Crippen LogP) is 3.87. The van der Waals surface area contributed by atoms with Crippen LogP contribution in [0.25, 0.3) is 0 Å². The van der Waals surface area contributed by atoms with Crippen molar-refractivity contribution in [3.05, 3.63) is 143 Å². The Balaban J connectivity index is 0.000000223. The molecule has 464 valence electrons.